The Labute approximate surface area is 190 Å². The van der Waals surface area contributed by atoms with Crippen molar-refractivity contribution < 1.29 is 0 Å². The van der Waals surface area contributed by atoms with Crippen LogP contribution < -0.4 is 15.9 Å². The molecule has 0 radical (unpaired) electrons. The molecular weight excluding hydrogens is 503 g/mol. The van der Waals surface area contributed by atoms with Gasteiger partial charge in [-0.1, -0.05) is 0 Å². The fraction of sp³-hybridized carbons (Fsp3) is 0.0769. The average molecular weight is 526 g/mol. The minimum atomic E-state index is -2.82. The molecule has 3 heteroatoms. The van der Waals surface area contributed by atoms with Gasteiger partial charge in [0.25, 0.3) is 0 Å². The first-order valence-electron chi connectivity index (χ1n) is 9.67. The molecule has 0 aliphatic rings. The molecule has 0 heterocycles. The Kier molecular flexibility index (Phi) is 6.06. The number of alkyl halides is 1. The summed E-state index contributed by atoms with van der Waals surface area (Å²) in [6.07, 6.45) is 0.974. The third-order valence-electron chi connectivity index (χ3n) is 5.85. The zero-order valence-electron chi connectivity index (χ0n) is 16.1. The number of hydrogen-bond acceptors (Lipinski definition) is 0. The predicted octanol–water partition coefficient (Wildman–Crippen LogP) is 6.83. The van der Waals surface area contributed by atoms with Crippen LogP contribution in [0.4, 0.5) is 0 Å². The third-order valence-corrected chi connectivity index (χ3v) is 15.9. The molecule has 146 valence electrons. The second-order valence-electron chi connectivity index (χ2n) is 7.42. The molecule has 0 N–H and O–H groups in total. The van der Waals surface area contributed by atoms with Crippen molar-refractivity contribution in [3.05, 3.63) is 125 Å². The number of hydrogen-bond donors (Lipinski definition) is 0. The van der Waals surface area contributed by atoms with E-state index in [-0.39, 0.29) is 0 Å². The molecule has 0 fully saturated rings. The van der Waals surface area contributed by atoms with Crippen LogP contribution in [-0.2, 0) is 6.16 Å². The summed E-state index contributed by atoms with van der Waals surface area (Å²) in [7, 11) is 0. The molecule has 0 aliphatic carbocycles. The maximum absolute atomic E-state index is 4.06. The Morgan fingerprint density at radius 2 is 0.897 bits per heavy atom. The van der Waals surface area contributed by atoms with E-state index in [9.17, 15) is 0 Å². The topological polar surface area (TPSA) is 0 Å². The van der Waals surface area contributed by atoms with Crippen LogP contribution in [0.3, 0.4) is 0 Å². The zero-order valence-corrected chi connectivity index (χ0v) is 20.2. The summed E-state index contributed by atoms with van der Waals surface area (Å²) >= 11 is 7.65. The molecule has 0 saturated heterocycles. The fourth-order valence-corrected chi connectivity index (χ4v) is 13.4. The van der Waals surface area contributed by atoms with E-state index in [2.05, 4.69) is 147 Å². The van der Waals surface area contributed by atoms with Crippen molar-refractivity contribution >= 4 is 54.4 Å². The van der Waals surface area contributed by atoms with Gasteiger partial charge < -0.3 is 0 Å². The molecule has 0 amide bonds. The first kappa shape index (κ1) is 20.5. The van der Waals surface area contributed by atoms with Gasteiger partial charge in [-0.3, -0.25) is 0 Å². The molecule has 4 rings (SSSR count). The Morgan fingerprint density at radius 3 is 1.24 bits per heavy atom. The molecule has 0 atom stereocenters. The van der Waals surface area contributed by atoms with E-state index in [4.69, 9.17) is 0 Å². The average Bonchev–Trinajstić information content (AvgIpc) is 2.81. The van der Waals surface area contributed by atoms with E-state index in [1.807, 2.05) is 0 Å². The van der Waals surface area contributed by atoms with Crippen LogP contribution in [-0.4, -0.2) is 5.07 Å². The van der Waals surface area contributed by atoms with Gasteiger partial charge in [0.15, 0.2) is 0 Å². The Balaban J connectivity index is 2.12. The van der Waals surface area contributed by atoms with E-state index in [1.54, 1.807) is 0 Å². The van der Waals surface area contributed by atoms with Gasteiger partial charge >= 0.3 is 191 Å². The molecule has 0 spiro atoms. The minimum absolute atomic E-state index is 0.896. The predicted molar refractivity (Wildman–Crippen MR) is 137 cm³/mol. The Hall–Kier alpha value is -1.73. The second kappa shape index (κ2) is 8.56. The van der Waals surface area contributed by atoms with E-state index in [1.165, 1.54) is 21.5 Å². The van der Waals surface area contributed by atoms with E-state index in [0.29, 0.717) is 0 Å². The molecule has 0 aromatic heterocycles. The summed E-state index contributed by atoms with van der Waals surface area (Å²) in [4.78, 5) is 0. The van der Waals surface area contributed by atoms with Gasteiger partial charge in [-0.2, -0.15) is 0 Å². The van der Waals surface area contributed by atoms with Gasteiger partial charge in [0, 0.05) is 0 Å². The van der Waals surface area contributed by atoms with Gasteiger partial charge in [-0.15, -0.1) is 0 Å². The van der Waals surface area contributed by atoms with Crippen molar-refractivity contribution in [1.29, 1.82) is 0 Å². The Bertz CT molecular complexity index is 963. The summed E-state index contributed by atoms with van der Waals surface area (Å²) in [6, 6.07) is 42.1. The monoisotopic (exact) mass is 524 g/mol. The summed E-state index contributed by atoms with van der Waals surface area (Å²) in [5, 5.41) is 5.13. The van der Waals surface area contributed by atoms with Crippen molar-refractivity contribution in [2.75, 3.05) is 5.07 Å². The molecule has 0 unspecified atom stereocenters. The SMILES string of the molecule is BrCP(Cc1ccc(Br)cc1)(c1ccccc1)(c1ccccc1)c1ccccc1. The molecule has 0 nitrogen and oxygen atoms in total. The molecule has 4 aromatic carbocycles. The van der Waals surface area contributed by atoms with Crippen molar-refractivity contribution in [3.63, 3.8) is 0 Å². The zero-order chi connectivity index (χ0) is 20.2. The fourth-order valence-electron chi connectivity index (χ4n) is 4.33. The van der Waals surface area contributed by atoms with Crippen LogP contribution in [0, 0.1) is 0 Å². The van der Waals surface area contributed by atoms with Crippen molar-refractivity contribution in [2.45, 2.75) is 6.16 Å². The van der Waals surface area contributed by atoms with Crippen LogP contribution in [0.25, 0.3) is 0 Å². The Morgan fingerprint density at radius 1 is 0.517 bits per heavy atom. The van der Waals surface area contributed by atoms with Crippen molar-refractivity contribution in [1.82, 2.24) is 0 Å². The number of benzene rings is 4. The van der Waals surface area contributed by atoms with E-state index < -0.39 is 6.60 Å². The normalized spacial score (nSPS) is 12.8. The van der Waals surface area contributed by atoms with Crippen LogP contribution >= 0.6 is 38.5 Å². The first-order valence-corrected chi connectivity index (χ1v) is 14.2. The quantitative estimate of drug-likeness (QED) is 0.191. The van der Waals surface area contributed by atoms with E-state index >= 15 is 0 Å². The first-order chi connectivity index (χ1) is 14.2. The number of halogens is 2. The van der Waals surface area contributed by atoms with Crippen molar-refractivity contribution in [3.8, 4) is 0 Å². The van der Waals surface area contributed by atoms with Crippen LogP contribution in [0.2, 0.25) is 0 Å². The van der Waals surface area contributed by atoms with Gasteiger partial charge in [0.1, 0.15) is 0 Å². The second-order valence-corrected chi connectivity index (χ2v) is 15.0. The maximum atomic E-state index is 4.06. The van der Waals surface area contributed by atoms with Gasteiger partial charge in [-0.25, -0.2) is 0 Å². The van der Waals surface area contributed by atoms with Gasteiger partial charge in [0.05, 0.1) is 0 Å². The molecule has 0 saturated carbocycles. The van der Waals surface area contributed by atoms with E-state index in [0.717, 1.165) is 15.7 Å². The summed E-state index contributed by atoms with van der Waals surface area (Å²) in [5.74, 6) is 0. The molecule has 0 bridgehead atoms. The van der Waals surface area contributed by atoms with Crippen LogP contribution in [0.15, 0.2) is 120 Å². The van der Waals surface area contributed by atoms with Crippen LogP contribution in [0.1, 0.15) is 5.56 Å². The molecular formula is C26H23Br2P. The molecule has 4 aromatic rings. The van der Waals surface area contributed by atoms with Gasteiger partial charge in [0.2, 0.25) is 0 Å². The number of rotatable bonds is 6. The van der Waals surface area contributed by atoms with Gasteiger partial charge in [-0.05, 0) is 0 Å². The standard InChI is InChI=1S/C26H23Br2P/c27-21-29(24-10-4-1-5-11-24,25-12-6-2-7-13-25,26-14-8-3-9-15-26)20-22-16-18-23(28)19-17-22/h1-19H,20-21H2. The summed E-state index contributed by atoms with van der Waals surface area (Å²) in [5.41, 5.74) is 1.35. The third kappa shape index (κ3) is 3.52. The summed E-state index contributed by atoms with van der Waals surface area (Å²) in [6.45, 7) is -2.82. The summed E-state index contributed by atoms with van der Waals surface area (Å²) < 4.78 is 1.11. The molecule has 29 heavy (non-hydrogen) atoms. The van der Waals surface area contributed by atoms with Crippen molar-refractivity contribution in [2.24, 2.45) is 0 Å². The van der Waals surface area contributed by atoms with Crippen LogP contribution in [0.5, 0.6) is 0 Å². The molecule has 0 aliphatic heterocycles.